The van der Waals surface area contributed by atoms with Crippen LogP contribution in [0.3, 0.4) is 0 Å². The summed E-state index contributed by atoms with van der Waals surface area (Å²) < 4.78 is 25.7. The predicted octanol–water partition coefficient (Wildman–Crippen LogP) is 3.98. The molecule has 192 valence electrons. The number of carbonyl (C=O) groups is 2. The van der Waals surface area contributed by atoms with Crippen LogP contribution in [-0.2, 0) is 26.9 Å². The van der Waals surface area contributed by atoms with Crippen LogP contribution in [-0.4, -0.2) is 43.7 Å². The second-order valence-corrected chi connectivity index (χ2v) is 11.1. The Labute approximate surface area is 217 Å². The van der Waals surface area contributed by atoms with E-state index >= 15 is 0 Å². The van der Waals surface area contributed by atoms with Crippen LogP contribution in [0.4, 0.5) is 16.0 Å². The van der Waals surface area contributed by atoms with Gasteiger partial charge in [0.1, 0.15) is 11.9 Å². The van der Waals surface area contributed by atoms with Gasteiger partial charge in [-0.05, 0) is 53.3 Å². The molecule has 4 atom stereocenters. The highest BCUT2D eigenvalue weighted by Gasteiger charge is 2.38. The Hall–Kier alpha value is -3.66. The SMILES string of the molecule is CC(=O)N1Cc2cc(S(C)=O)ccc2C1C(=O)Nc1cnc(N2CC(C)CC2c2cccc(F)c2)nc1. The molecule has 2 aromatic carbocycles. The van der Waals surface area contributed by atoms with E-state index in [4.69, 9.17) is 0 Å². The Kier molecular flexibility index (Phi) is 6.76. The summed E-state index contributed by atoms with van der Waals surface area (Å²) in [6, 6.07) is 11.0. The summed E-state index contributed by atoms with van der Waals surface area (Å²) in [7, 11) is -1.16. The van der Waals surface area contributed by atoms with E-state index in [0.717, 1.165) is 24.1 Å². The molecule has 1 N–H and O–H groups in total. The predicted molar refractivity (Wildman–Crippen MR) is 139 cm³/mol. The van der Waals surface area contributed by atoms with Crippen molar-refractivity contribution in [2.75, 3.05) is 23.0 Å². The number of hydrogen-bond acceptors (Lipinski definition) is 6. The van der Waals surface area contributed by atoms with E-state index in [1.54, 1.807) is 49.0 Å². The van der Waals surface area contributed by atoms with Crippen molar-refractivity contribution in [3.05, 3.63) is 77.4 Å². The number of amides is 2. The first-order chi connectivity index (χ1) is 17.7. The van der Waals surface area contributed by atoms with E-state index in [2.05, 4.69) is 27.1 Å². The minimum absolute atomic E-state index is 0.0346. The first kappa shape index (κ1) is 25.0. The molecule has 1 aromatic heterocycles. The van der Waals surface area contributed by atoms with Crippen LogP contribution >= 0.6 is 0 Å². The van der Waals surface area contributed by atoms with Crippen LogP contribution in [0.1, 0.15) is 49.0 Å². The van der Waals surface area contributed by atoms with E-state index in [-0.39, 0.29) is 30.2 Å². The summed E-state index contributed by atoms with van der Waals surface area (Å²) in [6.45, 7) is 4.58. The molecular weight excluding hydrogens is 493 g/mol. The number of nitrogens with one attached hydrogen (secondary N) is 1. The van der Waals surface area contributed by atoms with Gasteiger partial charge in [-0.3, -0.25) is 13.8 Å². The molecule has 10 heteroatoms. The molecule has 0 saturated carbocycles. The molecule has 1 fully saturated rings. The first-order valence-corrected chi connectivity index (χ1v) is 13.7. The van der Waals surface area contributed by atoms with Crippen molar-refractivity contribution in [1.29, 1.82) is 0 Å². The van der Waals surface area contributed by atoms with Gasteiger partial charge in [-0.15, -0.1) is 0 Å². The van der Waals surface area contributed by atoms with Crippen molar-refractivity contribution in [1.82, 2.24) is 14.9 Å². The summed E-state index contributed by atoms with van der Waals surface area (Å²) in [6.07, 6.45) is 5.54. The van der Waals surface area contributed by atoms with E-state index in [0.29, 0.717) is 28.0 Å². The lowest BCUT2D eigenvalue weighted by Gasteiger charge is -2.25. The minimum atomic E-state index is -1.16. The van der Waals surface area contributed by atoms with Crippen molar-refractivity contribution in [3.63, 3.8) is 0 Å². The van der Waals surface area contributed by atoms with Crippen LogP contribution in [0, 0.1) is 11.7 Å². The van der Waals surface area contributed by atoms with Crippen LogP contribution in [0.2, 0.25) is 0 Å². The molecule has 0 spiro atoms. The summed E-state index contributed by atoms with van der Waals surface area (Å²) in [5, 5.41) is 2.84. The monoisotopic (exact) mass is 521 g/mol. The van der Waals surface area contributed by atoms with Crippen molar-refractivity contribution in [3.8, 4) is 0 Å². The molecule has 0 aliphatic carbocycles. The Morgan fingerprint density at radius 3 is 2.57 bits per heavy atom. The quantitative estimate of drug-likeness (QED) is 0.546. The lowest BCUT2D eigenvalue weighted by atomic mass is 10.0. The lowest BCUT2D eigenvalue weighted by Crippen LogP contribution is -2.35. The molecule has 1 saturated heterocycles. The van der Waals surface area contributed by atoms with Gasteiger partial charge < -0.3 is 15.1 Å². The molecule has 0 radical (unpaired) electrons. The molecule has 3 heterocycles. The molecule has 2 amide bonds. The van der Waals surface area contributed by atoms with Crippen molar-refractivity contribution < 1.29 is 18.2 Å². The molecule has 4 unspecified atom stereocenters. The number of halogens is 1. The van der Waals surface area contributed by atoms with Gasteiger partial charge in [0.25, 0.3) is 5.91 Å². The minimum Gasteiger partial charge on any atom is -0.334 e. The number of fused-ring (bicyclic) bond motifs is 1. The van der Waals surface area contributed by atoms with Gasteiger partial charge in [0.2, 0.25) is 11.9 Å². The smallest absolute Gasteiger partial charge is 0.251 e. The Bertz CT molecular complexity index is 1380. The number of benzene rings is 2. The summed E-state index contributed by atoms with van der Waals surface area (Å²) in [5.41, 5.74) is 2.81. The lowest BCUT2D eigenvalue weighted by molar-refractivity contribution is -0.136. The van der Waals surface area contributed by atoms with E-state index in [1.807, 2.05) is 6.07 Å². The maximum atomic E-state index is 13.8. The Balaban J connectivity index is 1.35. The van der Waals surface area contributed by atoms with E-state index in [1.165, 1.54) is 17.9 Å². The fourth-order valence-electron chi connectivity index (χ4n) is 5.22. The van der Waals surface area contributed by atoms with Crippen molar-refractivity contribution in [2.24, 2.45) is 5.92 Å². The van der Waals surface area contributed by atoms with E-state index < -0.39 is 16.8 Å². The molecule has 0 bridgehead atoms. The molecule has 2 aliphatic heterocycles. The molecule has 8 nitrogen and oxygen atoms in total. The van der Waals surface area contributed by atoms with Crippen molar-refractivity contribution in [2.45, 2.75) is 43.8 Å². The van der Waals surface area contributed by atoms with Gasteiger partial charge in [0.05, 0.1) is 24.1 Å². The van der Waals surface area contributed by atoms with Gasteiger partial charge in [-0.1, -0.05) is 25.1 Å². The Morgan fingerprint density at radius 2 is 1.89 bits per heavy atom. The summed E-state index contributed by atoms with van der Waals surface area (Å²) >= 11 is 0. The number of nitrogens with zero attached hydrogens (tertiary/aromatic N) is 4. The van der Waals surface area contributed by atoms with Crippen LogP contribution < -0.4 is 10.2 Å². The average molecular weight is 522 g/mol. The highest BCUT2D eigenvalue weighted by Crippen LogP contribution is 2.38. The van der Waals surface area contributed by atoms with Gasteiger partial charge in [0.15, 0.2) is 0 Å². The summed E-state index contributed by atoms with van der Waals surface area (Å²) in [4.78, 5) is 38.8. The third kappa shape index (κ3) is 4.98. The van der Waals surface area contributed by atoms with Crippen LogP contribution in [0.5, 0.6) is 0 Å². The van der Waals surface area contributed by atoms with Gasteiger partial charge in [0, 0.05) is 42.0 Å². The third-order valence-electron chi connectivity index (χ3n) is 6.95. The maximum absolute atomic E-state index is 13.8. The highest BCUT2D eigenvalue weighted by atomic mass is 32.2. The number of carbonyl (C=O) groups excluding carboxylic acids is 2. The zero-order valence-electron chi connectivity index (χ0n) is 20.8. The first-order valence-electron chi connectivity index (χ1n) is 12.1. The standard InChI is InChI=1S/C27H28FN5O3S/c1-16-9-24(18-5-4-6-20(28)10-18)33(14-16)27-29-12-21(13-30-27)31-26(35)25-23-8-7-22(37(3)36)11-19(23)15-32(25)17(2)34/h4-8,10-13,16,24-25H,9,14-15H2,1-3H3,(H,31,35). The largest absolute Gasteiger partial charge is 0.334 e. The maximum Gasteiger partial charge on any atom is 0.251 e. The molecule has 3 aromatic rings. The summed E-state index contributed by atoms with van der Waals surface area (Å²) in [5.74, 6) is 0.0233. The number of aromatic nitrogens is 2. The topological polar surface area (TPSA) is 95.5 Å². The van der Waals surface area contributed by atoms with Crippen LogP contribution in [0.15, 0.2) is 59.8 Å². The number of hydrogen-bond donors (Lipinski definition) is 1. The average Bonchev–Trinajstić information content (AvgIpc) is 3.45. The molecule has 5 rings (SSSR count). The Morgan fingerprint density at radius 1 is 1.14 bits per heavy atom. The fraction of sp³-hybridized carbons (Fsp3) is 0.333. The fourth-order valence-corrected chi connectivity index (χ4v) is 5.79. The highest BCUT2D eigenvalue weighted by molar-refractivity contribution is 7.84. The van der Waals surface area contributed by atoms with Crippen LogP contribution in [0.25, 0.3) is 0 Å². The zero-order valence-corrected chi connectivity index (χ0v) is 21.7. The molecule has 2 aliphatic rings. The normalized spacial score (nSPS) is 21.6. The second kappa shape index (κ2) is 10.0. The molecular formula is C27H28FN5O3S. The van der Waals surface area contributed by atoms with Gasteiger partial charge in [-0.2, -0.15) is 0 Å². The van der Waals surface area contributed by atoms with Crippen molar-refractivity contribution >= 4 is 34.2 Å². The van der Waals surface area contributed by atoms with Gasteiger partial charge >= 0.3 is 0 Å². The van der Waals surface area contributed by atoms with Gasteiger partial charge in [-0.25, -0.2) is 14.4 Å². The number of rotatable bonds is 5. The van der Waals surface area contributed by atoms with E-state index in [9.17, 15) is 18.2 Å². The molecule has 37 heavy (non-hydrogen) atoms. The third-order valence-corrected chi connectivity index (χ3v) is 7.87. The number of anilines is 2. The zero-order chi connectivity index (χ0) is 26.3. The second-order valence-electron chi connectivity index (χ2n) is 9.69.